The summed E-state index contributed by atoms with van der Waals surface area (Å²) >= 11 is 0. The van der Waals surface area contributed by atoms with Gasteiger partial charge in [0, 0.05) is 19.8 Å². The molecule has 2 heterocycles. The molecule has 2 aromatic heterocycles. The van der Waals surface area contributed by atoms with Crippen molar-refractivity contribution in [2.24, 2.45) is 0 Å². The van der Waals surface area contributed by atoms with E-state index in [9.17, 15) is 4.79 Å². The van der Waals surface area contributed by atoms with Crippen molar-refractivity contribution in [3.8, 4) is 0 Å². The van der Waals surface area contributed by atoms with Crippen LogP contribution in [0.25, 0.3) is 11.0 Å². The number of nitrogens with zero attached hydrogens (tertiary/aromatic N) is 4. The second kappa shape index (κ2) is 4.40. The van der Waals surface area contributed by atoms with Gasteiger partial charge in [-0.1, -0.05) is 0 Å². The van der Waals surface area contributed by atoms with E-state index in [1.54, 1.807) is 35.0 Å². The van der Waals surface area contributed by atoms with E-state index in [0.717, 1.165) is 5.52 Å². The summed E-state index contributed by atoms with van der Waals surface area (Å²) in [6.07, 6.45) is 3.30. The number of nitrogens with two attached hydrogens (primary N) is 1. The fourth-order valence-electron chi connectivity index (χ4n) is 1.60. The molecule has 0 radical (unpaired) electrons. The monoisotopic (exact) mass is 233 g/mol. The number of nitrogen functional groups attached to an aromatic ring is 1. The third kappa shape index (κ3) is 2.06. The summed E-state index contributed by atoms with van der Waals surface area (Å²) in [7, 11) is 1.76. The summed E-state index contributed by atoms with van der Waals surface area (Å²) in [6, 6.07) is 1.80. The van der Waals surface area contributed by atoms with Crippen LogP contribution in [0.2, 0.25) is 0 Å². The summed E-state index contributed by atoms with van der Waals surface area (Å²) in [6.45, 7) is 2.81. The molecule has 0 aromatic carbocycles. The van der Waals surface area contributed by atoms with Crippen LogP contribution in [0.1, 0.15) is 6.92 Å². The second-order valence-corrected chi connectivity index (χ2v) is 3.83. The van der Waals surface area contributed by atoms with Crippen LogP contribution < -0.4 is 5.73 Å². The Kier molecular flexibility index (Phi) is 2.95. The number of likely N-dealkylation sites (N-methyl/N-ethyl adjacent to an activating group) is 1. The quantitative estimate of drug-likeness (QED) is 0.837. The van der Waals surface area contributed by atoms with Gasteiger partial charge in [0.25, 0.3) is 0 Å². The predicted molar refractivity (Wildman–Crippen MR) is 65.3 cm³/mol. The molecule has 0 aliphatic carbocycles. The van der Waals surface area contributed by atoms with E-state index in [0.29, 0.717) is 18.0 Å². The molecule has 0 bridgehead atoms. The van der Waals surface area contributed by atoms with Crippen molar-refractivity contribution in [3.05, 3.63) is 18.5 Å². The third-order valence-electron chi connectivity index (χ3n) is 2.77. The summed E-state index contributed by atoms with van der Waals surface area (Å²) < 4.78 is 1.70. The number of carbonyl (C=O) groups excluding carboxylic acids is 1. The van der Waals surface area contributed by atoms with Crippen molar-refractivity contribution < 1.29 is 4.79 Å². The van der Waals surface area contributed by atoms with Gasteiger partial charge in [-0.2, -0.15) is 0 Å². The predicted octanol–water partition coefficient (Wildman–Crippen LogP) is 0.492. The number of aromatic nitrogens is 3. The van der Waals surface area contributed by atoms with Crippen LogP contribution in [0, 0.1) is 0 Å². The number of fused-ring (bicyclic) bond motifs is 1. The van der Waals surface area contributed by atoms with E-state index in [2.05, 4.69) is 9.97 Å². The zero-order chi connectivity index (χ0) is 12.4. The Morgan fingerprint density at radius 2 is 2.35 bits per heavy atom. The Morgan fingerprint density at radius 3 is 3.06 bits per heavy atom. The first kappa shape index (κ1) is 11.4. The van der Waals surface area contributed by atoms with Crippen molar-refractivity contribution >= 4 is 22.9 Å². The molecule has 0 fully saturated rings. The van der Waals surface area contributed by atoms with E-state index in [1.807, 2.05) is 6.92 Å². The summed E-state index contributed by atoms with van der Waals surface area (Å²) in [5.41, 5.74) is 7.33. The molecule has 0 spiro atoms. The average molecular weight is 233 g/mol. The normalized spacial score (nSPS) is 10.7. The van der Waals surface area contributed by atoms with E-state index >= 15 is 0 Å². The summed E-state index contributed by atoms with van der Waals surface area (Å²) in [5.74, 6) is 0.348. The van der Waals surface area contributed by atoms with Crippen molar-refractivity contribution in [1.29, 1.82) is 0 Å². The molecule has 0 unspecified atom stereocenters. The molecule has 0 saturated heterocycles. The largest absolute Gasteiger partial charge is 0.369 e. The SMILES string of the molecule is CCN(C)C(=O)Cn1c(N)nc2cnccc21. The molecule has 2 rings (SSSR count). The first-order valence-corrected chi connectivity index (χ1v) is 5.43. The molecule has 0 aliphatic heterocycles. The van der Waals surface area contributed by atoms with Crippen LogP contribution in [0.4, 0.5) is 5.95 Å². The number of hydrogen-bond acceptors (Lipinski definition) is 4. The Hall–Kier alpha value is -2.11. The lowest BCUT2D eigenvalue weighted by Gasteiger charge is -2.15. The lowest BCUT2D eigenvalue weighted by Crippen LogP contribution is -2.30. The van der Waals surface area contributed by atoms with Gasteiger partial charge in [0.1, 0.15) is 12.1 Å². The van der Waals surface area contributed by atoms with E-state index in [-0.39, 0.29) is 12.5 Å². The van der Waals surface area contributed by atoms with Gasteiger partial charge < -0.3 is 15.2 Å². The van der Waals surface area contributed by atoms with Crippen LogP contribution in [0.5, 0.6) is 0 Å². The maximum atomic E-state index is 11.8. The maximum Gasteiger partial charge on any atom is 0.242 e. The van der Waals surface area contributed by atoms with Crippen LogP contribution in [-0.4, -0.2) is 38.9 Å². The Labute approximate surface area is 99.1 Å². The highest BCUT2D eigenvalue weighted by atomic mass is 16.2. The molecule has 0 atom stereocenters. The van der Waals surface area contributed by atoms with Gasteiger partial charge in [-0.3, -0.25) is 9.78 Å². The van der Waals surface area contributed by atoms with Crippen molar-refractivity contribution in [2.45, 2.75) is 13.5 Å². The number of imidazole rings is 1. The first-order valence-electron chi connectivity index (χ1n) is 5.43. The molecule has 1 amide bonds. The van der Waals surface area contributed by atoms with Gasteiger partial charge >= 0.3 is 0 Å². The fraction of sp³-hybridized carbons (Fsp3) is 0.364. The molecule has 6 nitrogen and oxygen atoms in total. The van der Waals surface area contributed by atoms with Crippen molar-refractivity contribution in [3.63, 3.8) is 0 Å². The second-order valence-electron chi connectivity index (χ2n) is 3.83. The van der Waals surface area contributed by atoms with Gasteiger partial charge in [-0.15, -0.1) is 0 Å². The Bertz CT molecular complexity index is 548. The Balaban J connectivity index is 2.35. The van der Waals surface area contributed by atoms with Gasteiger partial charge in [0.05, 0.1) is 11.7 Å². The zero-order valence-electron chi connectivity index (χ0n) is 9.92. The standard InChI is InChI=1S/C11H15N5O/c1-3-15(2)10(17)7-16-9-4-5-13-6-8(9)14-11(16)12/h4-6H,3,7H2,1-2H3,(H2,12,14). The lowest BCUT2D eigenvalue weighted by atomic mass is 10.4. The summed E-state index contributed by atoms with van der Waals surface area (Å²) in [5, 5.41) is 0. The number of anilines is 1. The number of pyridine rings is 1. The maximum absolute atomic E-state index is 11.8. The van der Waals surface area contributed by atoms with Crippen LogP contribution in [0.3, 0.4) is 0 Å². The minimum Gasteiger partial charge on any atom is -0.369 e. The molecule has 6 heteroatoms. The van der Waals surface area contributed by atoms with E-state index in [1.165, 1.54) is 0 Å². The van der Waals surface area contributed by atoms with Crippen molar-refractivity contribution in [2.75, 3.05) is 19.3 Å². The average Bonchev–Trinajstić information content (AvgIpc) is 2.65. The fourth-order valence-corrected chi connectivity index (χ4v) is 1.60. The highest BCUT2D eigenvalue weighted by molar-refractivity contribution is 5.82. The van der Waals surface area contributed by atoms with Gasteiger partial charge in [-0.05, 0) is 13.0 Å². The first-order chi connectivity index (χ1) is 8.13. The van der Waals surface area contributed by atoms with E-state index < -0.39 is 0 Å². The highest BCUT2D eigenvalue weighted by Gasteiger charge is 2.13. The lowest BCUT2D eigenvalue weighted by molar-refractivity contribution is -0.130. The molecular formula is C11H15N5O. The highest BCUT2D eigenvalue weighted by Crippen LogP contribution is 2.16. The zero-order valence-corrected chi connectivity index (χ0v) is 9.92. The van der Waals surface area contributed by atoms with Crippen LogP contribution in [-0.2, 0) is 11.3 Å². The number of amides is 1. The number of carbonyl (C=O) groups is 1. The van der Waals surface area contributed by atoms with Gasteiger partial charge in [0.2, 0.25) is 11.9 Å². The number of rotatable bonds is 3. The van der Waals surface area contributed by atoms with Gasteiger partial charge in [0.15, 0.2) is 0 Å². The molecule has 2 N–H and O–H groups in total. The Morgan fingerprint density at radius 1 is 1.59 bits per heavy atom. The molecule has 17 heavy (non-hydrogen) atoms. The van der Waals surface area contributed by atoms with E-state index in [4.69, 9.17) is 5.73 Å². The molecule has 2 aromatic rings. The minimum atomic E-state index is 0.00955. The molecular weight excluding hydrogens is 218 g/mol. The van der Waals surface area contributed by atoms with Gasteiger partial charge in [-0.25, -0.2) is 4.98 Å². The van der Waals surface area contributed by atoms with Crippen LogP contribution in [0.15, 0.2) is 18.5 Å². The van der Waals surface area contributed by atoms with Crippen LogP contribution >= 0.6 is 0 Å². The van der Waals surface area contributed by atoms with Crippen molar-refractivity contribution in [1.82, 2.24) is 19.4 Å². The molecule has 0 saturated carbocycles. The summed E-state index contributed by atoms with van der Waals surface area (Å²) in [4.78, 5) is 21.6. The minimum absolute atomic E-state index is 0.00955. The molecule has 90 valence electrons. The molecule has 0 aliphatic rings. The third-order valence-corrected chi connectivity index (χ3v) is 2.77. The number of hydrogen-bond donors (Lipinski definition) is 1. The topological polar surface area (TPSA) is 77.0 Å². The smallest absolute Gasteiger partial charge is 0.242 e.